The molecule has 4 nitrogen and oxygen atoms in total. The molecule has 1 rings (SSSR count). The summed E-state index contributed by atoms with van der Waals surface area (Å²) < 4.78 is 5.47. The number of rotatable bonds is 6. The first-order valence-electron chi connectivity index (χ1n) is 5.99. The predicted molar refractivity (Wildman–Crippen MR) is 71.6 cm³/mol. The Morgan fingerprint density at radius 1 is 1.35 bits per heavy atom. The lowest BCUT2D eigenvalue weighted by Gasteiger charge is -2.28. The van der Waals surface area contributed by atoms with E-state index in [1.807, 2.05) is 25.1 Å². The first-order chi connectivity index (χ1) is 8.08. The topological polar surface area (TPSA) is 58.7 Å². The number of hydrogen-bond donors (Lipinski definition) is 2. The van der Waals surface area contributed by atoms with Crippen LogP contribution in [-0.2, 0) is 0 Å². The Bertz CT molecular complexity index is 353. The third-order valence-corrected chi connectivity index (χ3v) is 2.52. The molecular weight excluding hydrogens is 216 g/mol. The van der Waals surface area contributed by atoms with Crippen molar-refractivity contribution in [3.8, 4) is 5.75 Å². The molecule has 0 amide bonds. The minimum Gasteiger partial charge on any atom is -0.494 e. The van der Waals surface area contributed by atoms with Crippen molar-refractivity contribution in [2.24, 2.45) is 0 Å². The number of aliphatic hydroxyl groups excluding tert-OH is 1. The number of aliphatic hydroxyl groups is 1. The molecule has 0 aliphatic carbocycles. The summed E-state index contributed by atoms with van der Waals surface area (Å²) in [7, 11) is 0. The number of ether oxygens (including phenoxy) is 1. The van der Waals surface area contributed by atoms with Crippen LogP contribution in [0.2, 0.25) is 0 Å². The van der Waals surface area contributed by atoms with Crippen molar-refractivity contribution in [1.82, 2.24) is 0 Å². The Balaban J connectivity index is 3.00. The molecule has 17 heavy (non-hydrogen) atoms. The molecule has 0 saturated carbocycles. The molecule has 0 aromatic heterocycles. The van der Waals surface area contributed by atoms with Crippen LogP contribution in [0.5, 0.6) is 5.75 Å². The van der Waals surface area contributed by atoms with Gasteiger partial charge < -0.3 is 20.5 Å². The number of anilines is 2. The number of nitrogen functional groups attached to an aromatic ring is 1. The molecular formula is C13H22N2O2. The van der Waals surface area contributed by atoms with Crippen LogP contribution in [0.4, 0.5) is 11.4 Å². The highest BCUT2D eigenvalue weighted by atomic mass is 16.5. The van der Waals surface area contributed by atoms with Gasteiger partial charge >= 0.3 is 0 Å². The summed E-state index contributed by atoms with van der Waals surface area (Å²) in [6, 6.07) is 5.97. The van der Waals surface area contributed by atoms with Crippen LogP contribution in [0.15, 0.2) is 18.2 Å². The highest BCUT2D eigenvalue weighted by molar-refractivity contribution is 5.61. The second-order valence-corrected chi connectivity index (χ2v) is 4.20. The van der Waals surface area contributed by atoms with E-state index in [0.29, 0.717) is 24.9 Å². The number of nitrogens with zero attached hydrogens (tertiary/aromatic N) is 1. The molecule has 0 aliphatic heterocycles. The van der Waals surface area contributed by atoms with Crippen molar-refractivity contribution in [2.45, 2.75) is 26.8 Å². The summed E-state index contributed by atoms with van der Waals surface area (Å²) in [5, 5.41) is 9.08. The fourth-order valence-electron chi connectivity index (χ4n) is 1.81. The second-order valence-electron chi connectivity index (χ2n) is 4.20. The van der Waals surface area contributed by atoms with E-state index < -0.39 is 0 Å². The molecule has 0 bridgehead atoms. The monoisotopic (exact) mass is 238 g/mol. The zero-order chi connectivity index (χ0) is 12.8. The Labute approximate surface area is 103 Å². The lowest BCUT2D eigenvalue weighted by molar-refractivity contribution is 0.299. The molecule has 0 spiro atoms. The first-order valence-corrected chi connectivity index (χ1v) is 5.99. The third-order valence-electron chi connectivity index (χ3n) is 2.52. The summed E-state index contributed by atoms with van der Waals surface area (Å²) in [5.74, 6) is 0.770. The minimum atomic E-state index is 0.122. The van der Waals surface area contributed by atoms with Crippen LogP contribution < -0.4 is 15.4 Å². The highest BCUT2D eigenvalue weighted by Gasteiger charge is 2.11. The second kappa shape index (κ2) is 6.35. The smallest absolute Gasteiger partial charge is 0.123 e. The average Bonchev–Trinajstić information content (AvgIpc) is 2.25. The van der Waals surface area contributed by atoms with Crippen LogP contribution in [0.25, 0.3) is 0 Å². The Hall–Kier alpha value is -1.42. The largest absolute Gasteiger partial charge is 0.494 e. The summed E-state index contributed by atoms with van der Waals surface area (Å²) in [6.45, 7) is 7.43. The summed E-state index contributed by atoms with van der Waals surface area (Å²) in [6.07, 6.45) is 0. The van der Waals surface area contributed by atoms with Gasteiger partial charge in [0.25, 0.3) is 0 Å². The van der Waals surface area contributed by atoms with E-state index in [9.17, 15) is 0 Å². The average molecular weight is 238 g/mol. The lowest BCUT2D eigenvalue weighted by atomic mass is 10.2. The molecule has 0 aliphatic rings. The molecule has 3 N–H and O–H groups in total. The van der Waals surface area contributed by atoms with Gasteiger partial charge in [0.15, 0.2) is 0 Å². The van der Waals surface area contributed by atoms with E-state index in [4.69, 9.17) is 15.6 Å². The molecule has 0 saturated heterocycles. The SMILES string of the molecule is CCOc1cc(N)cc(N(CCO)C(C)C)c1. The van der Waals surface area contributed by atoms with Gasteiger partial charge in [0.1, 0.15) is 5.75 Å². The lowest BCUT2D eigenvalue weighted by Crippen LogP contribution is -2.33. The van der Waals surface area contributed by atoms with Gasteiger partial charge in [-0.15, -0.1) is 0 Å². The maximum Gasteiger partial charge on any atom is 0.123 e. The Morgan fingerprint density at radius 2 is 2.06 bits per heavy atom. The van der Waals surface area contributed by atoms with Gasteiger partial charge in [-0.2, -0.15) is 0 Å². The molecule has 0 heterocycles. The van der Waals surface area contributed by atoms with Crippen molar-refractivity contribution in [3.05, 3.63) is 18.2 Å². The van der Waals surface area contributed by atoms with E-state index >= 15 is 0 Å². The van der Waals surface area contributed by atoms with E-state index in [0.717, 1.165) is 11.4 Å². The zero-order valence-electron chi connectivity index (χ0n) is 10.8. The van der Waals surface area contributed by atoms with E-state index in [-0.39, 0.29) is 6.61 Å². The van der Waals surface area contributed by atoms with Crippen molar-refractivity contribution >= 4 is 11.4 Å². The standard InChI is InChI=1S/C13H22N2O2/c1-4-17-13-8-11(14)7-12(9-13)15(5-6-16)10(2)3/h7-10,16H,4-6,14H2,1-3H3. The van der Waals surface area contributed by atoms with Gasteiger partial charge in [0.2, 0.25) is 0 Å². The van der Waals surface area contributed by atoms with Crippen LogP contribution in [0, 0.1) is 0 Å². The highest BCUT2D eigenvalue weighted by Crippen LogP contribution is 2.26. The van der Waals surface area contributed by atoms with Gasteiger partial charge in [-0.1, -0.05) is 0 Å². The quantitative estimate of drug-likeness (QED) is 0.743. The van der Waals surface area contributed by atoms with Crippen molar-refractivity contribution in [2.75, 3.05) is 30.4 Å². The summed E-state index contributed by atoms with van der Waals surface area (Å²) in [4.78, 5) is 2.10. The van der Waals surface area contributed by atoms with Crippen LogP contribution in [0.3, 0.4) is 0 Å². The van der Waals surface area contributed by atoms with Crippen LogP contribution >= 0.6 is 0 Å². The normalized spacial score (nSPS) is 10.6. The van der Waals surface area contributed by atoms with Crippen molar-refractivity contribution in [1.29, 1.82) is 0 Å². The van der Waals surface area contributed by atoms with Gasteiger partial charge in [-0.3, -0.25) is 0 Å². The fourth-order valence-corrected chi connectivity index (χ4v) is 1.81. The molecule has 0 radical (unpaired) electrons. The van der Waals surface area contributed by atoms with E-state index in [1.54, 1.807) is 0 Å². The number of hydrogen-bond acceptors (Lipinski definition) is 4. The van der Waals surface area contributed by atoms with Gasteiger partial charge in [-0.05, 0) is 26.8 Å². The summed E-state index contributed by atoms with van der Waals surface area (Å²) >= 11 is 0. The maximum absolute atomic E-state index is 9.08. The van der Waals surface area contributed by atoms with Gasteiger partial charge in [-0.25, -0.2) is 0 Å². The zero-order valence-corrected chi connectivity index (χ0v) is 10.8. The van der Waals surface area contributed by atoms with Crippen LogP contribution in [0.1, 0.15) is 20.8 Å². The van der Waals surface area contributed by atoms with E-state index in [2.05, 4.69) is 18.7 Å². The fraction of sp³-hybridized carbons (Fsp3) is 0.538. The number of nitrogens with two attached hydrogens (primary N) is 1. The molecule has 1 aromatic rings. The molecule has 1 aromatic carbocycles. The first kappa shape index (κ1) is 13.6. The minimum absolute atomic E-state index is 0.122. The summed E-state index contributed by atoms with van der Waals surface area (Å²) in [5.41, 5.74) is 7.51. The van der Waals surface area contributed by atoms with Crippen molar-refractivity contribution in [3.63, 3.8) is 0 Å². The van der Waals surface area contributed by atoms with Crippen LogP contribution in [-0.4, -0.2) is 30.9 Å². The molecule has 0 fully saturated rings. The van der Waals surface area contributed by atoms with Gasteiger partial charge in [0, 0.05) is 36.1 Å². The van der Waals surface area contributed by atoms with E-state index in [1.165, 1.54) is 0 Å². The predicted octanol–water partition coefficient (Wildman–Crippen LogP) is 1.87. The molecule has 96 valence electrons. The Kier molecular flexibility index (Phi) is 5.10. The molecule has 0 unspecified atom stereocenters. The molecule has 0 atom stereocenters. The maximum atomic E-state index is 9.08. The Morgan fingerprint density at radius 3 is 2.59 bits per heavy atom. The van der Waals surface area contributed by atoms with Gasteiger partial charge in [0.05, 0.1) is 13.2 Å². The van der Waals surface area contributed by atoms with Crippen molar-refractivity contribution < 1.29 is 9.84 Å². The third kappa shape index (κ3) is 3.82. The molecule has 4 heteroatoms. The number of benzene rings is 1.